The van der Waals surface area contributed by atoms with E-state index in [0.717, 1.165) is 4.47 Å². The highest BCUT2D eigenvalue weighted by Gasteiger charge is 2.06. The molecule has 0 aliphatic carbocycles. The standard InChI is InChI=1S/C17H16BrClN2O4/c1-23-13-5-3-11(16(8-13)24-2)9-20-21-17(22)10-25-15-6-4-12(18)7-14(15)19/h3-9H,10H2,1-2H3,(H,21,22). The third-order valence-corrected chi connectivity index (χ3v) is 3.87. The van der Waals surface area contributed by atoms with Crippen LogP contribution in [0.15, 0.2) is 46.0 Å². The lowest BCUT2D eigenvalue weighted by Gasteiger charge is -2.08. The van der Waals surface area contributed by atoms with E-state index < -0.39 is 5.91 Å². The van der Waals surface area contributed by atoms with Gasteiger partial charge in [-0.25, -0.2) is 5.43 Å². The molecular weight excluding hydrogens is 412 g/mol. The number of rotatable bonds is 7. The molecule has 0 atom stereocenters. The van der Waals surface area contributed by atoms with E-state index in [1.165, 1.54) is 6.21 Å². The van der Waals surface area contributed by atoms with E-state index in [1.54, 1.807) is 50.6 Å². The fraction of sp³-hybridized carbons (Fsp3) is 0.176. The maximum Gasteiger partial charge on any atom is 0.277 e. The molecule has 6 nitrogen and oxygen atoms in total. The van der Waals surface area contributed by atoms with Gasteiger partial charge in [-0.3, -0.25) is 4.79 Å². The summed E-state index contributed by atoms with van der Waals surface area (Å²) in [7, 11) is 3.11. The molecule has 0 radical (unpaired) electrons. The molecule has 0 unspecified atom stereocenters. The zero-order chi connectivity index (χ0) is 18.2. The lowest BCUT2D eigenvalue weighted by molar-refractivity contribution is -0.123. The number of carbonyl (C=O) groups is 1. The second-order valence-electron chi connectivity index (χ2n) is 4.76. The maximum absolute atomic E-state index is 11.8. The molecule has 8 heteroatoms. The Bertz CT molecular complexity index is 783. The molecule has 1 amide bonds. The van der Waals surface area contributed by atoms with Crippen LogP contribution in [0.2, 0.25) is 5.02 Å². The van der Waals surface area contributed by atoms with Gasteiger partial charge in [0.15, 0.2) is 6.61 Å². The Hall–Kier alpha value is -2.25. The molecule has 2 rings (SSSR count). The number of carbonyl (C=O) groups excluding carboxylic acids is 1. The number of amides is 1. The van der Waals surface area contributed by atoms with E-state index in [9.17, 15) is 4.79 Å². The molecule has 2 aromatic rings. The van der Waals surface area contributed by atoms with E-state index in [0.29, 0.717) is 27.8 Å². The highest BCUT2D eigenvalue weighted by molar-refractivity contribution is 9.10. The first kappa shape index (κ1) is 19.1. The van der Waals surface area contributed by atoms with Crippen molar-refractivity contribution in [1.29, 1.82) is 0 Å². The fourth-order valence-electron chi connectivity index (χ4n) is 1.87. The van der Waals surface area contributed by atoms with Gasteiger partial charge in [0, 0.05) is 16.1 Å². The van der Waals surface area contributed by atoms with E-state index in [1.807, 2.05) is 0 Å². The van der Waals surface area contributed by atoms with E-state index in [2.05, 4.69) is 26.5 Å². The summed E-state index contributed by atoms with van der Waals surface area (Å²) in [4.78, 5) is 11.8. The van der Waals surface area contributed by atoms with Gasteiger partial charge in [-0.2, -0.15) is 5.10 Å². The fourth-order valence-corrected chi connectivity index (χ4v) is 2.59. The second kappa shape index (κ2) is 9.29. The number of ether oxygens (including phenoxy) is 3. The Morgan fingerprint density at radius 3 is 2.68 bits per heavy atom. The normalized spacial score (nSPS) is 10.6. The van der Waals surface area contributed by atoms with E-state index in [-0.39, 0.29) is 6.61 Å². The van der Waals surface area contributed by atoms with Crippen molar-refractivity contribution in [1.82, 2.24) is 5.43 Å². The van der Waals surface area contributed by atoms with Gasteiger partial charge >= 0.3 is 0 Å². The lowest BCUT2D eigenvalue weighted by atomic mass is 10.2. The molecule has 0 bridgehead atoms. The maximum atomic E-state index is 11.8. The van der Waals surface area contributed by atoms with Crippen molar-refractivity contribution in [2.45, 2.75) is 0 Å². The Balaban J connectivity index is 1.90. The summed E-state index contributed by atoms with van der Waals surface area (Å²) < 4.78 is 16.5. The molecule has 0 fully saturated rings. The molecule has 0 spiro atoms. The summed E-state index contributed by atoms with van der Waals surface area (Å²) in [5.41, 5.74) is 3.07. The minimum absolute atomic E-state index is 0.210. The summed E-state index contributed by atoms with van der Waals surface area (Å²) in [5, 5.41) is 4.30. The van der Waals surface area contributed by atoms with Crippen molar-refractivity contribution in [2.75, 3.05) is 20.8 Å². The minimum Gasteiger partial charge on any atom is -0.497 e. The second-order valence-corrected chi connectivity index (χ2v) is 6.09. The predicted molar refractivity (Wildman–Crippen MR) is 99.9 cm³/mol. The zero-order valence-electron chi connectivity index (χ0n) is 13.6. The molecule has 0 aliphatic rings. The summed E-state index contributed by atoms with van der Waals surface area (Å²) in [6, 6.07) is 10.4. The highest BCUT2D eigenvalue weighted by Crippen LogP contribution is 2.27. The molecule has 132 valence electrons. The minimum atomic E-state index is -0.414. The molecule has 0 aliphatic heterocycles. The van der Waals surface area contributed by atoms with Gasteiger partial charge in [0.25, 0.3) is 5.91 Å². The molecule has 0 heterocycles. The van der Waals surface area contributed by atoms with Gasteiger partial charge in [-0.1, -0.05) is 27.5 Å². The summed E-state index contributed by atoms with van der Waals surface area (Å²) in [6.07, 6.45) is 1.47. The van der Waals surface area contributed by atoms with Crippen LogP contribution in [0, 0.1) is 0 Å². The summed E-state index contributed by atoms with van der Waals surface area (Å²) in [5.74, 6) is 1.25. The zero-order valence-corrected chi connectivity index (χ0v) is 15.9. The Kier molecular flexibility index (Phi) is 7.09. The Morgan fingerprint density at radius 1 is 1.20 bits per heavy atom. The molecular formula is C17H16BrClN2O4. The van der Waals surface area contributed by atoms with Crippen molar-refractivity contribution >= 4 is 39.7 Å². The number of hydrogen-bond donors (Lipinski definition) is 1. The van der Waals surface area contributed by atoms with Crippen LogP contribution < -0.4 is 19.6 Å². The van der Waals surface area contributed by atoms with Crippen LogP contribution in [0.4, 0.5) is 0 Å². The van der Waals surface area contributed by atoms with Crippen LogP contribution in [0.5, 0.6) is 17.2 Å². The van der Waals surface area contributed by atoms with Crippen molar-refractivity contribution in [2.24, 2.45) is 5.10 Å². The smallest absolute Gasteiger partial charge is 0.277 e. The Labute approximate surface area is 158 Å². The first-order valence-corrected chi connectivity index (χ1v) is 8.32. The SMILES string of the molecule is COc1ccc(C=NNC(=O)COc2ccc(Br)cc2Cl)c(OC)c1. The van der Waals surface area contributed by atoms with Gasteiger partial charge in [0.05, 0.1) is 25.5 Å². The average molecular weight is 428 g/mol. The van der Waals surface area contributed by atoms with E-state index in [4.69, 9.17) is 25.8 Å². The molecule has 0 saturated heterocycles. The van der Waals surface area contributed by atoms with Crippen molar-refractivity contribution in [3.63, 3.8) is 0 Å². The number of nitrogens with zero attached hydrogens (tertiary/aromatic N) is 1. The van der Waals surface area contributed by atoms with Gasteiger partial charge in [-0.05, 0) is 30.3 Å². The largest absolute Gasteiger partial charge is 0.497 e. The number of benzene rings is 2. The van der Waals surface area contributed by atoms with Crippen molar-refractivity contribution < 1.29 is 19.0 Å². The van der Waals surface area contributed by atoms with Crippen LogP contribution in [0.1, 0.15) is 5.56 Å². The molecule has 0 aromatic heterocycles. The van der Waals surface area contributed by atoms with Gasteiger partial charge in [0.2, 0.25) is 0 Å². The Morgan fingerprint density at radius 2 is 2.00 bits per heavy atom. The quantitative estimate of drug-likeness (QED) is 0.541. The third kappa shape index (κ3) is 5.65. The molecule has 1 N–H and O–H groups in total. The van der Waals surface area contributed by atoms with E-state index >= 15 is 0 Å². The molecule has 25 heavy (non-hydrogen) atoms. The van der Waals surface area contributed by atoms with Crippen LogP contribution >= 0.6 is 27.5 Å². The van der Waals surface area contributed by atoms with Crippen LogP contribution in [-0.4, -0.2) is 32.9 Å². The highest BCUT2D eigenvalue weighted by atomic mass is 79.9. The van der Waals surface area contributed by atoms with Gasteiger partial charge < -0.3 is 14.2 Å². The number of halogens is 2. The number of hydrazone groups is 1. The third-order valence-electron chi connectivity index (χ3n) is 3.09. The number of nitrogens with one attached hydrogen (secondary N) is 1. The first-order chi connectivity index (χ1) is 12.0. The molecule has 0 saturated carbocycles. The summed E-state index contributed by atoms with van der Waals surface area (Å²) >= 11 is 9.31. The van der Waals surface area contributed by atoms with Crippen molar-refractivity contribution in [3.8, 4) is 17.2 Å². The predicted octanol–water partition coefficient (Wildman–Crippen LogP) is 3.65. The van der Waals surface area contributed by atoms with Crippen LogP contribution in [-0.2, 0) is 4.79 Å². The van der Waals surface area contributed by atoms with Gasteiger partial charge in [0.1, 0.15) is 17.2 Å². The number of hydrogen-bond acceptors (Lipinski definition) is 5. The summed E-state index contributed by atoms with van der Waals surface area (Å²) in [6.45, 7) is -0.210. The van der Waals surface area contributed by atoms with Crippen LogP contribution in [0.25, 0.3) is 0 Å². The average Bonchev–Trinajstić information content (AvgIpc) is 2.61. The first-order valence-electron chi connectivity index (χ1n) is 7.15. The molecule has 2 aromatic carbocycles. The number of methoxy groups -OCH3 is 2. The van der Waals surface area contributed by atoms with Crippen molar-refractivity contribution in [3.05, 3.63) is 51.5 Å². The topological polar surface area (TPSA) is 69.2 Å². The lowest BCUT2D eigenvalue weighted by Crippen LogP contribution is -2.24. The van der Waals surface area contributed by atoms with Crippen LogP contribution in [0.3, 0.4) is 0 Å². The monoisotopic (exact) mass is 426 g/mol. The van der Waals surface area contributed by atoms with Gasteiger partial charge in [-0.15, -0.1) is 0 Å².